The number of anilines is 2. The van der Waals surface area contributed by atoms with Crippen LogP contribution in [0.3, 0.4) is 0 Å². The highest BCUT2D eigenvalue weighted by Gasteiger charge is 2.57. The van der Waals surface area contributed by atoms with Crippen molar-refractivity contribution in [3.63, 3.8) is 0 Å². The van der Waals surface area contributed by atoms with Gasteiger partial charge in [-0.25, -0.2) is 24.6 Å². The lowest BCUT2D eigenvalue weighted by atomic mass is 9.85. The number of nitrogen functional groups attached to an aromatic ring is 1. The number of nitrogens with one attached hydrogen (secondary N) is 1. The average molecular weight is 539 g/mol. The second-order valence-corrected chi connectivity index (χ2v) is 10.00. The summed E-state index contributed by atoms with van der Waals surface area (Å²) in [5, 5.41) is 7.73. The molecule has 1 aliphatic heterocycles. The molecular weight excluding hydrogens is 519 g/mol. The third-order valence-electron chi connectivity index (χ3n) is 6.35. The number of aromatic nitrogens is 6. The topological polar surface area (TPSA) is 125 Å². The van der Waals surface area contributed by atoms with Crippen molar-refractivity contribution in [2.24, 2.45) is 0 Å². The summed E-state index contributed by atoms with van der Waals surface area (Å²) in [4.78, 5) is 31.4. The largest absolute Gasteiger partial charge is 0.453 e. The lowest BCUT2D eigenvalue weighted by Gasteiger charge is -2.20. The Balaban J connectivity index is 1.59. The average Bonchev–Trinajstić information content (AvgIpc) is 3.44. The Hall–Kier alpha value is -3.75. The maximum absolute atomic E-state index is 13.6. The highest BCUT2D eigenvalue weighted by molar-refractivity contribution is 7.12. The highest BCUT2D eigenvalue weighted by Crippen LogP contribution is 2.46. The van der Waals surface area contributed by atoms with Crippen LogP contribution in [0.15, 0.2) is 18.3 Å². The van der Waals surface area contributed by atoms with E-state index in [2.05, 4.69) is 30.4 Å². The van der Waals surface area contributed by atoms with Crippen LogP contribution in [0.2, 0.25) is 0 Å². The predicted molar refractivity (Wildman–Crippen MR) is 125 cm³/mol. The normalized spacial score (nSPS) is 17.9. The van der Waals surface area contributed by atoms with Gasteiger partial charge < -0.3 is 11.1 Å². The first-order valence-electron chi connectivity index (χ1n) is 10.9. The Labute approximate surface area is 210 Å². The van der Waals surface area contributed by atoms with Crippen molar-refractivity contribution >= 4 is 39.9 Å². The number of carbonyl (C=O) groups is 1. The quantitative estimate of drug-likeness (QED) is 0.361. The molecule has 3 N–H and O–H groups in total. The molecule has 194 valence electrons. The first-order chi connectivity index (χ1) is 17.2. The zero-order valence-electron chi connectivity index (χ0n) is 19.6. The van der Waals surface area contributed by atoms with Gasteiger partial charge >= 0.3 is 12.1 Å². The van der Waals surface area contributed by atoms with E-state index >= 15 is 0 Å². The summed E-state index contributed by atoms with van der Waals surface area (Å²) in [6.07, 6.45) is -5.87. The fourth-order valence-electron chi connectivity index (χ4n) is 4.12. The summed E-state index contributed by atoms with van der Waals surface area (Å²) in [5.74, 6) is -5.25. The molecule has 0 fully saturated rings. The Morgan fingerprint density at radius 3 is 2.54 bits per heavy atom. The lowest BCUT2D eigenvalue weighted by Crippen LogP contribution is -2.37. The van der Waals surface area contributed by atoms with Crippen molar-refractivity contribution in [3.8, 4) is 11.5 Å². The molecule has 9 nitrogen and oxygen atoms in total. The van der Waals surface area contributed by atoms with Crippen molar-refractivity contribution in [3.05, 3.63) is 39.5 Å². The van der Waals surface area contributed by atoms with E-state index in [1.54, 1.807) is 19.1 Å². The standard InChI is InChI=1S/C22H19F5N8OS/c1-9-10(2)37-19(30-9)20(3)12-14(28)31-16(32-15(12)33-18(20)36)13-11-5-4-7-29-17(11)35(34-13)8-6-21(23,24)22(25,26)27/h4-5,7H,6,8H2,1-3H3,(H3,28,31,32,33,36). The molecule has 0 radical (unpaired) electrons. The molecule has 5 rings (SSSR count). The van der Waals surface area contributed by atoms with Gasteiger partial charge in [0.25, 0.3) is 0 Å². The minimum absolute atomic E-state index is 0.0263. The Morgan fingerprint density at radius 2 is 1.89 bits per heavy atom. The van der Waals surface area contributed by atoms with Crippen LogP contribution in [0.5, 0.6) is 0 Å². The molecule has 0 spiro atoms. The van der Waals surface area contributed by atoms with Crippen LogP contribution in [0.4, 0.5) is 33.6 Å². The van der Waals surface area contributed by atoms with E-state index in [0.717, 1.165) is 15.3 Å². The Kier molecular flexibility index (Phi) is 5.47. The predicted octanol–water partition coefficient (Wildman–Crippen LogP) is 4.39. The summed E-state index contributed by atoms with van der Waals surface area (Å²) in [5.41, 5.74) is 6.31. The fourth-order valence-corrected chi connectivity index (χ4v) is 5.19. The molecule has 0 saturated carbocycles. The molecule has 37 heavy (non-hydrogen) atoms. The van der Waals surface area contributed by atoms with E-state index in [4.69, 9.17) is 5.73 Å². The SMILES string of the molecule is Cc1nc(C2(C)C(=O)Nc3nc(-c4nn(CCC(F)(F)C(F)(F)F)c5ncccc45)nc(N)c32)sc1C. The maximum Gasteiger partial charge on any atom is 0.453 e. The number of nitrogens with two attached hydrogens (primary N) is 1. The first kappa shape index (κ1) is 24.9. The van der Waals surface area contributed by atoms with Crippen molar-refractivity contribution in [1.29, 1.82) is 0 Å². The lowest BCUT2D eigenvalue weighted by molar-refractivity contribution is -0.285. The number of carbonyl (C=O) groups excluding carboxylic acids is 1. The molecule has 0 aliphatic carbocycles. The summed E-state index contributed by atoms with van der Waals surface area (Å²) in [7, 11) is 0. The van der Waals surface area contributed by atoms with Crippen molar-refractivity contribution in [2.75, 3.05) is 11.1 Å². The van der Waals surface area contributed by atoms with Gasteiger partial charge in [0, 0.05) is 24.0 Å². The van der Waals surface area contributed by atoms with Crippen molar-refractivity contribution in [2.45, 2.75) is 51.3 Å². The first-order valence-corrected chi connectivity index (χ1v) is 11.8. The molecule has 1 unspecified atom stereocenters. The maximum atomic E-state index is 13.6. The molecule has 4 aromatic heterocycles. The van der Waals surface area contributed by atoms with Crippen LogP contribution < -0.4 is 11.1 Å². The number of pyridine rings is 1. The van der Waals surface area contributed by atoms with Gasteiger partial charge in [0.05, 0.1) is 16.6 Å². The van der Waals surface area contributed by atoms with Crippen LogP contribution in [-0.2, 0) is 16.8 Å². The number of amides is 1. The zero-order valence-corrected chi connectivity index (χ0v) is 20.4. The minimum atomic E-state index is -5.69. The molecule has 0 bridgehead atoms. The van der Waals surface area contributed by atoms with Crippen LogP contribution in [0, 0.1) is 13.8 Å². The number of thiazole rings is 1. The van der Waals surface area contributed by atoms with E-state index in [1.807, 2.05) is 13.8 Å². The van der Waals surface area contributed by atoms with Gasteiger partial charge in [-0.3, -0.25) is 4.79 Å². The summed E-state index contributed by atoms with van der Waals surface area (Å²) >= 11 is 1.35. The summed E-state index contributed by atoms with van der Waals surface area (Å²) in [6, 6.07) is 3.10. The number of nitrogens with zero attached hydrogens (tertiary/aromatic N) is 6. The Morgan fingerprint density at radius 1 is 1.16 bits per heavy atom. The van der Waals surface area contributed by atoms with Crippen molar-refractivity contribution < 1.29 is 26.7 Å². The van der Waals surface area contributed by atoms with Gasteiger partial charge in [-0.1, -0.05) is 0 Å². The van der Waals surface area contributed by atoms with E-state index in [1.165, 1.54) is 17.5 Å². The van der Waals surface area contributed by atoms with Gasteiger partial charge in [-0.05, 0) is 32.9 Å². The van der Waals surface area contributed by atoms with Gasteiger partial charge in [0.1, 0.15) is 27.8 Å². The summed E-state index contributed by atoms with van der Waals surface area (Å²) < 4.78 is 66.0. The van der Waals surface area contributed by atoms with Gasteiger partial charge in [-0.2, -0.15) is 27.1 Å². The van der Waals surface area contributed by atoms with Crippen LogP contribution in [0.25, 0.3) is 22.6 Å². The monoisotopic (exact) mass is 538 g/mol. The molecule has 1 atom stereocenters. The molecular formula is C22H19F5N8OS. The smallest absolute Gasteiger partial charge is 0.383 e. The van der Waals surface area contributed by atoms with Gasteiger partial charge in [0.15, 0.2) is 11.5 Å². The molecule has 5 heterocycles. The number of rotatable bonds is 5. The van der Waals surface area contributed by atoms with E-state index in [0.29, 0.717) is 16.0 Å². The second kappa shape index (κ2) is 8.13. The highest BCUT2D eigenvalue weighted by atomic mass is 32.1. The molecule has 15 heteroatoms. The molecule has 4 aromatic rings. The van der Waals surface area contributed by atoms with Gasteiger partial charge in [-0.15, -0.1) is 11.3 Å². The number of halogens is 5. The van der Waals surface area contributed by atoms with Crippen molar-refractivity contribution in [1.82, 2.24) is 29.7 Å². The molecule has 1 amide bonds. The van der Waals surface area contributed by atoms with Gasteiger partial charge in [0.2, 0.25) is 5.91 Å². The molecule has 1 aliphatic rings. The van der Waals surface area contributed by atoms with E-state index < -0.39 is 36.4 Å². The molecule has 0 aromatic carbocycles. The summed E-state index contributed by atoms with van der Waals surface area (Å²) in [6.45, 7) is 4.62. The Bertz CT molecular complexity index is 1540. The number of hydrogen-bond donors (Lipinski definition) is 2. The number of fused-ring (bicyclic) bond motifs is 2. The van der Waals surface area contributed by atoms with Crippen LogP contribution >= 0.6 is 11.3 Å². The zero-order chi connectivity index (χ0) is 26.9. The van der Waals surface area contributed by atoms with E-state index in [9.17, 15) is 26.7 Å². The van der Waals surface area contributed by atoms with Crippen LogP contribution in [0.1, 0.15) is 34.5 Å². The third-order valence-corrected chi connectivity index (χ3v) is 7.64. The molecule has 0 saturated heterocycles. The number of alkyl halides is 5. The number of aryl methyl sites for hydroxylation is 3. The van der Waals surface area contributed by atoms with Crippen LogP contribution in [-0.4, -0.2) is 47.7 Å². The second-order valence-electron chi connectivity index (χ2n) is 8.79. The van der Waals surface area contributed by atoms with E-state index in [-0.39, 0.29) is 28.8 Å². The minimum Gasteiger partial charge on any atom is -0.383 e. The third kappa shape index (κ3) is 3.79. The fraction of sp³-hybridized carbons (Fsp3) is 0.364. The number of hydrogen-bond acceptors (Lipinski definition) is 8.